The summed E-state index contributed by atoms with van der Waals surface area (Å²) in [5.41, 5.74) is 2.27. The Morgan fingerprint density at radius 1 is 0.903 bits per heavy atom. The minimum absolute atomic E-state index is 0.183. The summed E-state index contributed by atoms with van der Waals surface area (Å²) in [5, 5.41) is 4.86. The highest BCUT2D eigenvalue weighted by atomic mass is 35.5. The molecule has 1 heterocycles. The first-order valence-corrected chi connectivity index (χ1v) is 9.99. The van der Waals surface area contributed by atoms with E-state index in [1.54, 1.807) is 68.8 Å². The summed E-state index contributed by atoms with van der Waals surface area (Å²) >= 11 is 12.3. The Balaban J connectivity index is 1.66. The largest absolute Gasteiger partial charge is 0.493 e. The number of benzene rings is 3. The van der Waals surface area contributed by atoms with Gasteiger partial charge in [-0.3, -0.25) is 4.79 Å². The first kappa shape index (κ1) is 20.9. The van der Waals surface area contributed by atoms with Gasteiger partial charge in [0.05, 0.1) is 24.8 Å². The van der Waals surface area contributed by atoms with E-state index in [0.717, 1.165) is 5.39 Å². The van der Waals surface area contributed by atoms with Gasteiger partial charge in [-0.2, -0.15) is 0 Å². The molecule has 4 rings (SSSR count). The van der Waals surface area contributed by atoms with Crippen molar-refractivity contribution in [2.75, 3.05) is 19.5 Å². The van der Waals surface area contributed by atoms with Crippen LogP contribution in [0.15, 0.2) is 60.9 Å². The van der Waals surface area contributed by atoms with Gasteiger partial charge in [0.25, 0.3) is 0 Å². The van der Waals surface area contributed by atoms with Gasteiger partial charge in [-0.25, -0.2) is 9.97 Å². The van der Waals surface area contributed by atoms with E-state index in [9.17, 15) is 4.79 Å². The van der Waals surface area contributed by atoms with Crippen molar-refractivity contribution in [1.82, 2.24) is 9.97 Å². The maximum Gasteiger partial charge on any atom is 0.194 e. The minimum Gasteiger partial charge on any atom is -0.493 e. The molecule has 1 N–H and O–H groups in total. The van der Waals surface area contributed by atoms with Crippen LogP contribution in [0.3, 0.4) is 0 Å². The fourth-order valence-electron chi connectivity index (χ4n) is 3.15. The van der Waals surface area contributed by atoms with Gasteiger partial charge in [0.1, 0.15) is 12.1 Å². The van der Waals surface area contributed by atoms with Crippen molar-refractivity contribution in [2.24, 2.45) is 0 Å². The molecule has 8 heteroatoms. The Morgan fingerprint density at radius 3 is 2.29 bits per heavy atom. The van der Waals surface area contributed by atoms with E-state index < -0.39 is 0 Å². The molecule has 0 fully saturated rings. The summed E-state index contributed by atoms with van der Waals surface area (Å²) in [4.78, 5) is 21.4. The number of methoxy groups -OCH3 is 2. The van der Waals surface area contributed by atoms with E-state index in [4.69, 9.17) is 32.7 Å². The van der Waals surface area contributed by atoms with Gasteiger partial charge < -0.3 is 14.8 Å². The quantitative estimate of drug-likeness (QED) is 0.364. The molecule has 0 unspecified atom stereocenters. The summed E-state index contributed by atoms with van der Waals surface area (Å²) in [6.07, 6.45) is 1.45. The van der Waals surface area contributed by atoms with Crippen LogP contribution in [0.1, 0.15) is 15.9 Å². The third-order valence-electron chi connectivity index (χ3n) is 4.72. The number of fused-ring (bicyclic) bond motifs is 1. The van der Waals surface area contributed by atoms with Crippen molar-refractivity contribution in [3.8, 4) is 11.5 Å². The Kier molecular flexibility index (Phi) is 5.93. The lowest BCUT2D eigenvalue weighted by Gasteiger charge is -2.13. The lowest BCUT2D eigenvalue weighted by Crippen LogP contribution is -2.03. The fraction of sp³-hybridized carbons (Fsp3) is 0.0870. The molecule has 31 heavy (non-hydrogen) atoms. The third kappa shape index (κ3) is 4.26. The maximum absolute atomic E-state index is 12.8. The molecular weight excluding hydrogens is 437 g/mol. The zero-order chi connectivity index (χ0) is 22.0. The first-order valence-electron chi connectivity index (χ1n) is 9.23. The summed E-state index contributed by atoms with van der Waals surface area (Å²) in [5.74, 6) is 1.53. The number of ketones is 1. The Bertz CT molecular complexity index is 1280. The average Bonchev–Trinajstić information content (AvgIpc) is 2.78. The molecule has 156 valence electrons. The number of anilines is 2. The number of carbonyl (C=O) groups excluding carboxylic acids is 1. The van der Waals surface area contributed by atoms with Gasteiger partial charge in [-0.15, -0.1) is 0 Å². The van der Waals surface area contributed by atoms with Crippen LogP contribution in [-0.4, -0.2) is 30.0 Å². The van der Waals surface area contributed by atoms with Crippen LogP contribution >= 0.6 is 23.2 Å². The number of hydrogen-bond acceptors (Lipinski definition) is 6. The predicted molar refractivity (Wildman–Crippen MR) is 122 cm³/mol. The molecule has 0 saturated heterocycles. The Hall–Kier alpha value is -3.35. The van der Waals surface area contributed by atoms with Gasteiger partial charge in [-0.1, -0.05) is 23.2 Å². The molecule has 3 aromatic carbocycles. The van der Waals surface area contributed by atoms with E-state index in [0.29, 0.717) is 49.7 Å². The van der Waals surface area contributed by atoms with Gasteiger partial charge in [0.2, 0.25) is 0 Å². The molecule has 0 saturated carbocycles. The average molecular weight is 454 g/mol. The van der Waals surface area contributed by atoms with Crippen LogP contribution in [0.2, 0.25) is 10.0 Å². The minimum atomic E-state index is -0.183. The van der Waals surface area contributed by atoms with Crippen molar-refractivity contribution in [2.45, 2.75) is 0 Å². The highest BCUT2D eigenvalue weighted by Crippen LogP contribution is 2.35. The zero-order valence-corrected chi connectivity index (χ0v) is 18.2. The second-order valence-corrected chi connectivity index (χ2v) is 7.45. The number of aromatic nitrogens is 2. The smallest absolute Gasteiger partial charge is 0.194 e. The van der Waals surface area contributed by atoms with Gasteiger partial charge >= 0.3 is 0 Å². The van der Waals surface area contributed by atoms with E-state index in [1.165, 1.54) is 6.33 Å². The number of nitrogens with zero attached hydrogens (tertiary/aromatic N) is 2. The van der Waals surface area contributed by atoms with E-state index in [2.05, 4.69) is 15.3 Å². The molecule has 0 radical (unpaired) electrons. The van der Waals surface area contributed by atoms with E-state index in [-0.39, 0.29) is 5.78 Å². The predicted octanol–water partition coefficient (Wildman–Crippen LogP) is 5.93. The maximum atomic E-state index is 12.8. The van der Waals surface area contributed by atoms with Gasteiger partial charge in [-0.05, 0) is 48.5 Å². The molecule has 0 aliphatic heterocycles. The molecule has 0 atom stereocenters. The first-order chi connectivity index (χ1) is 15.0. The summed E-state index contributed by atoms with van der Waals surface area (Å²) in [6.45, 7) is 0. The monoisotopic (exact) mass is 453 g/mol. The Labute approximate surface area is 188 Å². The fourth-order valence-corrected chi connectivity index (χ4v) is 3.55. The van der Waals surface area contributed by atoms with Crippen LogP contribution in [0.4, 0.5) is 11.5 Å². The number of carbonyl (C=O) groups is 1. The van der Waals surface area contributed by atoms with Gasteiger partial charge in [0.15, 0.2) is 17.3 Å². The second kappa shape index (κ2) is 8.79. The number of nitrogens with one attached hydrogen (secondary N) is 1. The van der Waals surface area contributed by atoms with E-state index >= 15 is 0 Å². The third-order valence-corrected chi connectivity index (χ3v) is 5.29. The molecular formula is C23H17Cl2N3O3. The highest BCUT2D eigenvalue weighted by Gasteiger charge is 2.15. The number of hydrogen-bond donors (Lipinski definition) is 1. The topological polar surface area (TPSA) is 73.3 Å². The van der Waals surface area contributed by atoms with Crippen LogP contribution in [0.5, 0.6) is 11.5 Å². The van der Waals surface area contributed by atoms with Crippen molar-refractivity contribution in [1.29, 1.82) is 0 Å². The van der Waals surface area contributed by atoms with Crippen LogP contribution in [0.25, 0.3) is 10.9 Å². The summed E-state index contributed by atoms with van der Waals surface area (Å²) in [7, 11) is 3.13. The molecule has 0 spiro atoms. The highest BCUT2D eigenvalue weighted by molar-refractivity contribution is 6.35. The lowest BCUT2D eigenvalue weighted by atomic mass is 10.0. The second-order valence-electron chi connectivity index (χ2n) is 6.60. The van der Waals surface area contributed by atoms with Crippen LogP contribution in [-0.2, 0) is 0 Å². The molecule has 0 aliphatic carbocycles. The zero-order valence-electron chi connectivity index (χ0n) is 16.6. The Morgan fingerprint density at radius 2 is 1.61 bits per heavy atom. The van der Waals surface area contributed by atoms with Crippen molar-refractivity contribution in [3.05, 3.63) is 82.1 Å². The van der Waals surface area contributed by atoms with Crippen LogP contribution < -0.4 is 14.8 Å². The van der Waals surface area contributed by atoms with Crippen molar-refractivity contribution in [3.63, 3.8) is 0 Å². The van der Waals surface area contributed by atoms with E-state index in [1.807, 2.05) is 0 Å². The molecule has 0 bridgehead atoms. The number of ether oxygens (including phenoxy) is 2. The molecule has 0 amide bonds. The number of rotatable bonds is 6. The van der Waals surface area contributed by atoms with Gasteiger partial charge in [0, 0.05) is 33.3 Å². The normalized spacial score (nSPS) is 10.7. The lowest BCUT2D eigenvalue weighted by molar-refractivity contribution is 0.103. The summed E-state index contributed by atoms with van der Waals surface area (Å²) in [6, 6.07) is 15.4. The molecule has 0 aliphatic rings. The summed E-state index contributed by atoms with van der Waals surface area (Å²) < 4.78 is 10.7. The molecule has 4 aromatic rings. The molecule has 6 nitrogen and oxygen atoms in total. The van der Waals surface area contributed by atoms with Crippen molar-refractivity contribution < 1.29 is 14.3 Å². The SMILES string of the molecule is COc1cc2ncnc(Nc3ccc(C(=O)c4ccc(Cl)cc4)c(Cl)c3)c2cc1OC. The molecule has 1 aromatic heterocycles. The van der Waals surface area contributed by atoms with Crippen LogP contribution in [0, 0.1) is 0 Å². The number of halogens is 2. The van der Waals surface area contributed by atoms with Crippen molar-refractivity contribution >= 4 is 51.4 Å². The standard InChI is InChI=1S/C23H17Cl2N3O3/c1-30-20-10-17-19(11-21(20)31-2)26-12-27-23(17)28-15-7-8-16(18(25)9-15)22(29)13-3-5-14(24)6-4-13/h3-12H,1-2H3,(H,26,27,28).